The van der Waals surface area contributed by atoms with Gasteiger partial charge in [-0.3, -0.25) is 9.69 Å². The minimum absolute atomic E-state index is 0.142. The molecule has 0 unspecified atom stereocenters. The summed E-state index contributed by atoms with van der Waals surface area (Å²) in [4.78, 5) is 14.8. The number of aromatic nitrogens is 3. The van der Waals surface area contributed by atoms with E-state index >= 15 is 0 Å². The average molecular weight is 407 g/mol. The van der Waals surface area contributed by atoms with Crippen LogP contribution >= 0.6 is 0 Å². The first-order chi connectivity index (χ1) is 14.5. The fourth-order valence-electron chi connectivity index (χ4n) is 5.65. The predicted octanol–water partition coefficient (Wildman–Crippen LogP) is 3.08. The maximum Gasteiger partial charge on any atom is 0.266 e. The van der Waals surface area contributed by atoms with Crippen LogP contribution in [0, 0.1) is 6.92 Å². The third-order valence-corrected chi connectivity index (χ3v) is 7.01. The SMILES string of the molecule is CCn1cc(CN2[C@H]3CC[C@H]2CC(O)(Cn2nc(C)ccc2=O)C3)c2ccccc21. The Morgan fingerprint density at radius 2 is 1.87 bits per heavy atom. The number of nitrogens with zero attached hydrogens (tertiary/aromatic N) is 4. The van der Waals surface area contributed by atoms with Crippen LogP contribution in [-0.2, 0) is 19.6 Å². The zero-order valence-corrected chi connectivity index (χ0v) is 17.8. The van der Waals surface area contributed by atoms with E-state index in [1.54, 1.807) is 12.1 Å². The highest BCUT2D eigenvalue weighted by Crippen LogP contribution is 2.42. The zero-order valence-electron chi connectivity index (χ0n) is 17.8. The van der Waals surface area contributed by atoms with Gasteiger partial charge in [0, 0.05) is 48.3 Å². The molecule has 158 valence electrons. The van der Waals surface area contributed by atoms with Gasteiger partial charge in [-0.2, -0.15) is 5.10 Å². The van der Waals surface area contributed by atoms with Crippen LogP contribution < -0.4 is 5.56 Å². The lowest BCUT2D eigenvalue weighted by Gasteiger charge is -2.43. The van der Waals surface area contributed by atoms with E-state index in [0.29, 0.717) is 24.9 Å². The summed E-state index contributed by atoms with van der Waals surface area (Å²) in [5.74, 6) is 0. The Bertz CT molecular complexity index is 1120. The van der Waals surface area contributed by atoms with E-state index in [2.05, 4.69) is 52.0 Å². The largest absolute Gasteiger partial charge is 0.388 e. The van der Waals surface area contributed by atoms with Crippen LogP contribution in [0.5, 0.6) is 0 Å². The third kappa shape index (κ3) is 3.38. The molecule has 0 spiro atoms. The van der Waals surface area contributed by atoms with Gasteiger partial charge in [0.15, 0.2) is 0 Å². The maximum absolute atomic E-state index is 12.2. The molecule has 2 aromatic heterocycles. The standard InChI is InChI=1S/C24H30N4O2/c1-3-26-14-18(21-6-4-5-7-22(21)26)15-27-19-9-10-20(27)13-24(30,12-19)16-28-23(29)11-8-17(2)25-28/h4-8,11,14,19-20,30H,3,9-10,12-13,15-16H2,1-2H3/t19-,20-/m0/s1. The number of fused-ring (bicyclic) bond motifs is 3. The Morgan fingerprint density at radius 1 is 1.13 bits per heavy atom. The lowest BCUT2D eigenvalue weighted by atomic mass is 9.85. The van der Waals surface area contributed by atoms with Crippen molar-refractivity contribution in [1.82, 2.24) is 19.2 Å². The van der Waals surface area contributed by atoms with Crippen molar-refractivity contribution in [3.05, 3.63) is 64.2 Å². The molecule has 6 heteroatoms. The van der Waals surface area contributed by atoms with E-state index < -0.39 is 5.60 Å². The van der Waals surface area contributed by atoms with E-state index in [-0.39, 0.29) is 12.1 Å². The van der Waals surface area contributed by atoms with Crippen LogP contribution in [0.4, 0.5) is 0 Å². The van der Waals surface area contributed by atoms with Crippen LogP contribution in [0.2, 0.25) is 0 Å². The van der Waals surface area contributed by atoms with Gasteiger partial charge in [-0.15, -0.1) is 0 Å². The van der Waals surface area contributed by atoms with E-state index in [9.17, 15) is 9.90 Å². The van der Waals surface area contributed by atoms with Gasteiger partial charge >= 0.3 is 0 Å². The number of piperidine rings is 1. The van der Waals surface area contributed by atoms with Crippen molar-refractivity contribution in [3.8, 4) is 0 Å². The lowest BCUT2D eigenvalue weighted by Crippen LogP contribution is -2.53. The molecule has 0 aliphatic carbocycles. The Morgan fingerprint density at radius 3 is 2.60 bits per heavy atom. The highest BCUT2D eigenvalue weighted by molar-refractivity contribution is 5.83. The zero-order chi connectivity index (χ0) is 20.9. The molecule has 0 amide bonds. The molecule has 3 aromatic rings. The van der Waals surface area contributed by atoms with Crippen molar-refractivity contribution in [2.24, 2.45) is 0 Å². The van der Waals surface area contributed by atoms with Gasteiger partial charge < -0.3 is 9.67 Å². The van der Waals surface area contributed by atoms with E-state index in [1.807, 2.05) is 6.92 Å². The molecular weight excluding hydrogens is 376 g/mol. The van der Waals surface area contributed by atoms with Crippen molar-refractivity contribution in [1.29, 1.82) is 0 Å². The van der Waals surface area contributed by atoms with Crippen LogP contribution in [0.25, 0.3) is 10.9 Å². The van der Waals surface area contributed by atoms with Crippen molar-refractivity contribution < 1.29 is 5.11 Å². The molecule has 1 aromatic carbocycles. The fourth-order valence-corrected chi connectivity index (χ4v) is 5.65. The van der Waals surface area contributed by atoms with Crippen molar-refractivity contribution in [2.75, 3.05) is 0 Å². The molecule has 2 saturated heterocycles. The highest BCUT2D eigenvalue weighted by Gasteiger charge is 2.47. The Hall–Kier alpha value is -2.44. The molecular formula is C24H30N4O2. The third-order valence-electron chi connectivity index (χ3n) is 7.01. The molecule has 30 heavy (non-hydrogen) atoms. The molecule has 2 atom stereocenters. The molecule has 1 N–H and O–H groups in total. The second-order valence-corrected chi connectivity index (χ2v) is 9.12. The highest BCUT2D eigenvalue weighted by atomic mass is 16.3. The molecule has 6 nitrogen and oxygen atoms in total. The topological polar surface area (TPSA) is 63.3 Å². The summed E-state index contributed by atoms with van der Waals surface area (Å²) in [5, 5.41) is 17.1. The average Bonchev–Trinajstić information content (AvgIpc) is 3.20. The number of hydrogen-bond donors (Lipinski definition) is 1. The van der Waals surface area contributed by atoms with Crippen LogP contribution in [0.15, 0.2) is 47.4 Å². The van der Waals surface area contributed by atoms with Gasteiger partial charge in [0.1, 0.15) is 0 Å². The molecule has 4 heterocycles. The van der Waals surface area contributed by atoms with Gasteiger partial charge in [-0.05, 0) is 57.2 Å². The first-order valence-electron chi connectivity index (χ1n) is 11.1. The molecule has 0 saturated carbocycles. The van der Waals surface area contributed by atoms with Gasteiger partial charge in [0.2, 0.25) is 0 Å². The Labute approximate surface area is 176 Å². The summed E-state index contributed by atoms with van der Waals surface area (Å²) in [7, 11) is 0. The Kier molecular flexibility index (Phi) is 4.79. The van der Waals surface area contributed by atoms with E-state index in [1.165, 1.54) is 21.1 Å². The van der Waals surface area contributed by atoms with Gasteiger partial charge in [0.05, 0.1) is 17.8 Å². The van der Waals surface area contributed by atoms with E-state index in [4.69, 9.17) is 0 Å². The first-order valence-corrected chi connectivity index (χ1v) is 11.1. The van der Waals surface area contributed by atoms with Crippen molar-refractivity contribution in [2.45, 2.75) is 76.8 Å². The van der Waals surface area contributed by atoms with Crippen LogP contribution in [-0.4, -0.2) is 42.0 Å². The summed E-state index contributed by atoms with van der Waals surface area (Å²) in [6.07, 6.45) is 5.89. The summed E-state index contributed by atoms with van der Waals surface area (Å²) >= 11 is 0. The van der Waals surface area contributed by atoms with Crippen LogP contribution in [0.1, 0.15) is 43.9 Å². The smallest absolute Gasteiger partial charge is 0.266 e. The monoisotopic (exact) mass is 406 g/mol. The summed E-state index contributed by atoms with van der Waals surface area (Å²) in [6, 6.07) is 12.6. The maximum atomic E-state index is 12.2. The quantitative estimate of drug-likeness (QED) is 0.707. The molecule has 2 fully saturated rings. The minimum Gasteiger partial charge on any atom is -0.388 e. The number of para-hydroxylation sites is 1. The van der Waals surface area contributed by atoms with Crippen molar-refractivity contribution in [3.63, 3.8) is 0 Å². The van der Waals surface area contributed by atoms with Gasteiger partial charge in [-0.1, -0.05) is 18.2 Å². The lowest BCUT2D eigenvalue weighted by molar-refractivity contribution is -0.0677. The van der Waals surface area contributed by atoms with Crippen LogP contribution in [0.3, 0.4) is 0 Å². The normalized spacial score (nSPS) is 26.5. The van der Waals surface area contributed by atoms with Crippen molar-refractivity contribution >= 4 is 10.9 Å². The minimum atomic E-state index is -0.871. The second kappa shape index (κ2) is 7.36. The Balaban J connectivity index is 1.37. The summed E-state index contributed by atoms with van der Waals surface area (Å²) in [6.45, 7) is 6.22. The first kappa shape index (κ1) is 19.5. The fraction of sp³-hybridized carbons (Fsp3) is 0.500. The number of aryl methyl sites for hydroxylation is 2. The molecule has 2 aliphatic heterocycles. The van der Waals surface area contributed by atoms with E-state index in [0.717, 1.165) is 31.6 Å². The summed E-state index contributed by atoms with van der Waals surface area (Å²) in [5.41, 5.74) is 2.44. The molecule has 2 aliphatic rings. The molecule has 5 rings (SSSR count). The number of rotatable bonds is 5. The summed E-state index contributed by atoms with van der Waals surface area (Å²) < 4.78 is 3.77. The number of aliphatic hydroxyl groups is 1. The molecule has 0 radical (unpaired) electrons. The number of benzene rings is 1. The molecule has 2 bridgehead atoms. The second-order valence-electron chi connectivity index (χ2n) is 9.12. The number of hydrogen-bond acceptors (Lipinski definition) is 4. The predicted molar refractivity (Wildman–Crippen MR) is 117 cm³/mol. The van der Waals surface area contributed by atoms with Gasteiger partial charge in [0.25, 0.3) is 5.56 Å². The van der Waals surface area contributed by atoms with Gasteiger partial charge in [-0.25, -0.2) is 4.68 Å².